The number of nitrogens with one attached hydrogen (secondary N) is 2. The van der Waals surface area contributed by atoms with Crippen molar-refractivity contribution in [1.29, 1.82) is 0 Å². The van der Waals surface area contributed by atoms with Gasteiger partial charge in [-0.3, -0.25) is 4.79 Å². The van der Waals surface area contributed by atoms with Gasteiger partial charge >= 0.3 is 0 Å². The van der Waals surface area contributed by atoms with Crippen molar-refractivity contribution in [2.45, 2.75) is 45.2 Å². The summed E-state index contributed by atoms with van der Waals surface area (Å²) in [5, 5.41) is 15.0. The number of nitrogens with zero attached hydrogens (tertiary/aromatic N) is 3. The Morgan fingerprint density at radius 3 is 2.84 bits per heavy atom. The normalized spacial score (nSPS) is 23.4. The zero-order valence-electron chi connectivity index (χ0n) is 14.8. The molecule has 0 saturated carbocycles. The molecular formula is C19H25N5O. The van der Waals surface area contributed by atoms with Crippen molar-refractivity contribution in [3.05, 3.63) is 46.8 Å². The molecule has 1 amide bonds. The van der Waals surface area contributed by atoms with Crippen molar-refractivity contribution in [2.24, 2.45) is 5.92 Å². The largest absolute Gasteiger partial charge is 0.343 e. The van der Waals surface area contributed by atoms with E-state index in [0.29, 0.717) is 17.7 Å². The van der Waals surface area contributed by atoms with E-state index in [0.717, 1.165) is 38.0 Å². The van der Waals surface area contributed by atoms with Crippen LogP contribution in [0.4, 0.5) is 0 Å². The summed E-state index contributed by atoms with van der Waals surface area (Å²) in [6.07, 6.45) is 3.05. The fourth-order valence-electron chi connectivity index (χ4n) is 4.17. The monoisotopic (exact) mass is 339 g/mol. The Kier molecular flexibility index (Phi) is 4.29. The first kappa shape index (κ1) is 16.3. The molecule has 6 heteroatoms. The maximum atomic E-state index is 12.8. The predicted octanol–water partition coefficient (Wildman–Crippen LogP) is 2.17. The molecule has 4 rings (SSSR count). The van der Waals surface area contributed by atoms with Gasteiger partial charge in [0.2, 0.25) is 0 Å². The van der Waals surface area contributed by atoms with Crippen LogP contribution < -0.4 is 10.6 Å². The van der Waals surface area contributed by atoms with Crippen molar-refractivity contribution >= 4 is 5.91 Å². The highest BCUT2D eigenvalue weighted by molar-refractivity contribution is 5.93. The van der Waals surface area contributed by atoms with E-state index in [-0.39, 0.29) is 11.9 Å². The Morgan fingerprint density at radius 1 is 1.28 bits per heavy atom. The number of benzene rings is 1. The summed E-state index contributed by atoms with van der Waals surface area (Å²) in [7, 11) is 0. The molecule has 1 aromatic carbocycles. The third kappa shape index (κ3) is 2.95. The molecule has 2 aromatic rings. The summed E-state index contributed by atoms with van der Waals surface area (Å²) in [6, 6.07) is 8.74. The Hall–Kier alpha value is -2.21. The third-order valence-electron chi connectivity index (χ3n) is 5.58. The molecule has 2 heterocycles. The molecule has 2 atom stereocenters. The van der Waals surface area contributed by atoms with Crippen molar-refractivity contribution in [2.75, 3.05) is 13.1 Å². The highest BCUT2D eigenvalue weighted by Crippen LogP contribution is 2.35. The number of fused-ring (bicyclic) bond motifs is 1. The lowest BCUT2D eigenvalue weighted by molar-refractivity contribution is 0.0921. The van der Waals surface area contributed by atoms with E-state index in [9.17, 15) is 4.79 Å². The van der Waals surface area contributed by atoms with Gasteiger partial charge in [0.05, 0.1) is 17.8 Å². The van der Waals surface area contributed by atoms with Crippen LogP contribution in [0, 0.1) is 12.8 Å². The molecule has 0 spiro atoms. The number of amides is 1. The second kappa shape index (κ2) is 6.59. The first-order valence-corrected chi connectivity index (χ1v) is 9.16. The smallest absolute Gasteiger partial charge is 0.274 e. The van der Waals surface area contributed by atoms with E-state index in [1.807, 2.05) is 17.7 Å². The van der Waals surface area contributed by atoms with Crippen molar-refractivity contribution in [3.63, 3.8) is 0 Å². The molecule has 1 aromatic heterocycles. The van der Waals surface area contributed by atoms with Crippen LogP contribution in [0.25, 0.3) is 0 Å². The summed E-state index contributed by atoms with van der Waals surface area (Å²) in [5.74, 6) is 0.271. The van der Waals surface area contributed by atoms with E-state index < -0.39 is 0 Å². The number of piperidine rings is 1. The van der Waals surface area contributed by atoms with Crippen LogP contribution in [0.1, 0.15) is 59.2 Å². The molecule has 25 heavy (non-hydrogen) atoms. The van der Waals surface area contributed by atoms with Gasteiger partial charge in [0.25, 0.3) is 5.91 Å². The zero-order valence-corrected chi connectivity index (χ0v) is 14.8. The lowest BCUT2D eigenvalue weighted by Crippen LogP contribution is -2.32. The molecule has 2 N–H and O–H groups in total. The topological polar surface area (TPSA) is 71.8 Å². The molecule has 1 fully saturated rings. The summed E-state index contributed by atoms with van der Waals surface area (Å²) in [4.78, 5) is 12.8. The average Bonchev–Trinajstić information content (AvgIpc) is 3.16. The van der Waals surface area contributed by atoms with E-state index in [1.165, 1.54) is 11.1 Å². The Morgan fingerprint density at radius 2 is 2.04 bits per heavy atom. The van der Waals surface area contributed by atoms with Crippen LogP contribution in [-0.4, -0.2) is 34.0 Å². The summed E-state index contributed by atoms with van der Waals surface area (Å²) < 4.78 is 1.93. The van der Waals surface area contributed by atoms with Crippen LogP contribution in [-0.2, 0) is 6.42 Å². The molecule has 6 nitrogen and oxygen atoms in total. The first-order chi connectivity index (χ1) is 12.1. The minimum Gasteiger partial charge on any atom is -0.343 e. The molecule has 0 bridgehead atoms. The Labute approximate surface area is 148 Å². The summed E-state index contributed by atoms with van der Waals surface area (Å²) in [6.45, 7) is 6.11. The van der Waals surface area contributed by atoms with E-state index in [4.69, 9.17) is 0 Å². The number of rotatable bonds is 3. The highest BCUT2D eigenvalue weighted by atomic mass is 16.2. The second-order valence-electron chi connectivity index (χ2n) is 7.28. The molecule has 1 saturated heterocycles. The molecule has 1 aliphatic carbocycles. The van der Waals surface area contributed by atoms with Crippen LogP contribution >= 0.6 is 0 Å². The lowest BCUT2D eigenvalue weighted by Gasteiger charge is -2.23. The van der Waals surface area contributed by atoms with Gasteiger partial charge in [-0.15, -0.1) is 5.10 Å². The number of carbonyl (C=O) groups excluding carboxylic acids is 1. The molecule has 1 aliphatic heterocycles. The van der Waals surface area contributed by atoms with Gasteiger partial charge in [-0.2, -0.15) is 0 Å². The van der Waals surface area contributed by atoms with Gasteiger partial charge in [-0.25, -0.2) is 4.68 Å². The van der Waals surface area contributed by atoms with Gasteiger partial charge in [-0.05, 0) is 56.3 Å². The maximum absolute atomic E-state index is 12.8. The summed E-state index contributed by atoms with van der Waals surface area (Å²) >= 11 is 0. The Balaban J connectivity index is 1.53. The number of carbonyl (C=O) groups is 1. The van der Waals surface area contributed by atoms with E-state index >= 15 is 0 Å². The first-order valence-electron chi connectivity index (χ1n) is 9.16. The van der Waals surface area contributed by atoms with Gasteiger partial charge in [0, 0.05) is 0 Å². The van der Waals surface area contributed by atoms with Gasteiger partial charge in [0.1, 0.15) is 0 Å². The van der Waals surface area contributed by atoms with Crippen LogP contribution in [0.3, 0.4) is 0 Å². The van der Waals surface area contributed by atoms with Crippen LogP contribution in [0.15, 0.2) is 24.3 Å². The number of hydrogen-bond donors (Lipinski definition) is 2. The lowest BCUT2D eigenvalue weighted by atomic mass is 10.0. The second-order valence-corrected chi connectivity index (χ2v) is 7.28. The molecule has 0 radical (unpaired) electrons. The van der Waals surface area contributed by atoms with Crippen molar-refractivity contribution in [1.82, 2.24) is 25.6 Å². The third-order valence-corrected chi connectivity index (χ3v) is 5.58. The SMILES string of the molecule is Cc1c(C(=O)N[C@H]2c3ccccc3C[C@H]2C)nnn1C1CCNCC1. The van der Waals surface area contributed by atoms with Crippen molar-refractivity contribution in [3.8, 4) is 0 Å². The Bertz CT molecular complexity index is 778. The van der Waals surface area contributed by atoms with E-state index in [2.05, 4.69) is 46.1 Å². The molecular weight excluding hydrogens is 314 g/mol. The quantitative estimate of drug-likeness (QED) is 0.899. The van der Waals surface area contributed by atoms with Crippen molar-refractivity contribution < 1.29 is 4.79 Å². The molecule has 0 unspecified atom stereocenters. The van der Waals surface area contributed by atoms with Gasteiger partial charge in [0.15, 0.2) is 5.69 Å². The van der Waals surface area contributed by atoms with E-state index in [1.54, 1.807) is 0 Å². The minimum atomic E-state index is -0.119. The number of aromatic nitrogens is 3. The van der Waals surface area contributed by atoms with Crippen LogP contribution in [0.5, 0.6) is 0 Å². The predicted molar refractivity (Wildman–Crippen MR) is 95.4 cm³/mol. The zero-order chi connectivity index (χ0) is 17.4. The van der Waals surface area contributed by atoms with Gasteiger partial charge < -0.3 is 10.6 Å². The fraction of sp³-hybridized carbons (Fsp3) is 0.526. The minimum absolute atomic E-state index is 0.0483. The standard InChI is InChI=1S/C19H25N5O/c1-12-11-14-5-3-4-6-16(14)17(12)21-19(25)18-13(2)24(23-22-18)15-7-9-20-10-8-15/h3-6,12,15,17,20H,7-11H2,1-2H3,(H,21,25)/t12-,17-/m1/s1. The molecule has 132 valence electrons. The highest BCUT2D eigenvalue weighted by Gasteiger charge is 2.32. The molecule has 2 aliphatic rings. The maximum Gasteiger partial charge on any atom is 0.274 e. The van der Waals surface area contributed by atoms with Gasteiger partial charge in [-0.1, -0.05) is 36.4 Å². The fourth-order valence-corrected chi connectivity index (χ4v) is 4.17. The number of hydrogen-bond acceptors (Lipinski definition) is 4. The summed E-state index contributed by atoms with van der Waals surface area (Å²) in [5.41, 5.74) is 3.88. The average molecular weight is 339 g/mol. The van der Waals surface area contributed by atoms with Crippen LogP contribution in [0.2, 0.25) is 0 Å².